The van der Waals surface area contributed by atoms with Gasteiger partial charge in [-0.1, -0.05) is 13.8 Å². The molecule has 2 atom stereocenters. The van der Waals surface area contributed by atoms with Crippen LogP contribution in [0.25, 0.3) is 0 Å². The van der Waals surface area contributed by atoms with E-state index in [-0.39, 0.29) is 0 Å². The Balaban J connectivity index is 1.96. The quantitative estimate of drug-likeness (QED) is 0.745. The van der Waals surface area contributed by atoms with E-state index in [2.05, 4.69) is 31.4 Å². The number of morpholine rings is 1. The molecule has 0 aromatic carbocycles. The van der Waals surface area contributed by atoms with Crippen LogP contribution >= 0.6 is 12.6 Å². The molecule has 0 radical (unpaired) electrons. The molecule has 2 aliphatic rings. The highest BCUT2D eigenvalue weighted by Gasteiger charge is 2.37. The summed E-state index contributed by atoms with van der Waals surface area (Å²) in [6, 6.07) is 0.693. The summed E-state index contributed by atoms with van der Waals surface area (Å²) < 4.78 is 5.82. The van der Waals surface area contributed by atoms with Crippen LogP contribution in [0.1, 0.15) is 33.1 Å². The largest absolute Gasteiger partial charge is 0.375 e. The van der Waals surface area contributed by atoms with Gasteiger partial charge in [-0.2, -0.15) is 12.6 Å². The Bertz CT molecular complexity index is 220. The first-order valence-electron chi connectivity index (χ1n) is 6.09. The fourth-order valence-corrected chi connectivity index (χ4v) is 2.90. The van der Waals surface area contributed by atoms with Crippen molar-refractivity contribution < 1.29 is 4.74 Å². The molecule has 0 aromatic rings. The van der Waals surface area contributed by atoms with Crippen molar-refractivity contribution in [1.29, 1.82) is 0 Å². The number of rotatable bonds is 3. The van der Waals surface area contributed by atoms with E-state index in [9.17, 15) is 0 Å². The minimum Gasteiger partial charge on any atom is -0.375 e. The molecule has 1 saturated heterocycles. The van der Waals surface area contributed by atoms with Gasteiger partial charge in [0.2, 0.25) is 0 Å². The Kier molecular flexibility index (Phi) is 3.63. The average molecular weight is 229 g/mol. The summed E-state index contributed by atoms with van der Waals surface area (Å²) in [6.45, 7) is 7.81. The lowest BCUT2D eigenvalue weighted by Gasteiger charge is -2.41. The zero-order valence-electron chi connectivity index (χ0n) is 9.91. The van der Waals surface area contributed by atoms with E-state index in [0.717, 1.165) is 18.9 Å². The third-order valence-electron chi connectivity index (χ3n) is 3.66. The molecule has 0 spiro atoms. The second kappa shape index (κ2) is 4.64. The first-order valence-corrected chi connectivity index (χ1v) is 6.72. The van der Waals surface area contributed by atoms with Crippen molar-refractivity contribution in [2.75, 3.05) is 25.4 Å². The van der Waals surface area contributed by atoms with Gasteiger partial charge in [-0.05, 0) is 30.4 Å². The Morgan fingerprint density at radius 1 is 1.40 bits per heavy atom. The van der Waals surface area contributed by atoms with Gasteiger partial charge in [-0.25, -0.2) is 0 Å². The maximum absolute atomic E-state index is 5.82. The fraction of sp³-hybridized carbons (Fsp3) is 1.00. The molecular formula is C12H23NOS. The third-order valence-corrected chi connectivity index (χ3v) is 4.51. The summed E-state index contributed by atoms with van der Waals surface area (Å²) in [4.78, 5) is 2.64. The predicted molar refractivity (Wildman–Crippen MR) is 66.6 cm³/mol. The Labute approximate surface area is 98.8 Å². The van der Waals surface area contributed by atoms with Crippen molar-refractivity contribution in [1.82, 2.24) is 4.90 Å². The third kappa shape index (κ3) is 2.69. The molecule has 2 rings (SSSR count). The van der Waals surface area contributed by atoms with Crippen LogP contribution in [0.5, 0.6) is 0 Å². The number of thiol groups is 1. The van der Waals surface area contributed by atoms with E-state index in [4.69, 9.17) is 4.74 Å². The van der Waals surface area contributed by atoms with Crippen LogP contribution in [0.3, 0.4) is 0 Å². The van der Waals surface area contributed by atoms with Crippen LogP contribution in [0.15, 0.2) is 0 Å². The molecule has 1 saturated carbocycles. The predicted octanol–water partition coefficient (Wildman–Crippen LogP) is 2.20. The van der Waals surface area contributed by atoms with Crippen LogP contribution < -0.4 is 0 Å². The summed E-state index contributed by atoms with van der Waals surface area (Å²) in [6.07, 6.45) is 4.46. The zero-order valence-corrected chi connectivity index (χ0v) is 10.8. The molecule has 1 aliphatic heterocycles. The smallest absolute Gasteiger partial charge is 0.0730 e. The van der Waals surface area contributed by atoms with Crippen molar-refractivity contribution in [2.24, 2.45) is 5.41 Å². The molecule has 88 valence electrons. The number of nitrogens with zero attached hydrogens (tertiary/aromatic N) is 1. The van der Waals surface area contributed by atoms with Crippen molar-refractivity contribution in [3.63, 3.8) is 0 Å². The highest BCUT2D eigenvalue weighted by atomic mass is 32.1. The SMILES string of the molecule is CC(C)(CS)CN1CCOC2CCCC21. The fourth-order valence-electron chi connectivity index (χ4n) is 2.80. The van der Waals surface area contributed by atoms with E-state index in [1.807, 2.05) is 0 Å². The van der Waals surface area contributed by atoms with Crippen molar-refractivity contribution in [2.45, 2.75) is 45.3 Å². The molecule has 0 bridgehead atoms. The first kappa shape index (κ1) is 11.7. The highest BCUT2D eigenvalue weighted by Crippen LogP contribution is 2.32. The molecule has 1 heterocycles. The van der Waals surface area contributed by atoms with Crippen molar-refractivity contribution in [3.8, 4) is 0 Å². The van der Waals surface area contributed by atoms with Crippen LogP contribution in [-0.2, 0) is 4.74 Å². The topological polar surface area (TPSA) is 12.5 Å². The highest BCUT2D eigenvalue weighted by molar-refractivity contribution is 7.80. The maximum Gasteiger partial charge on any atom is 0.0730 e. The summed E-state index contributed by atoms with van der Waals surface area (Å²) >= 11 is 4.44. The molecule has 2 unspecified atom stereocenters. The van der Waals surface area contributed by atoms with Gasteiger partial charge in [-0.15, -0.1) is 0 Å². The van der Waals surface area contributed by atoms with Gasteiger partial charge in [0.15, 0.2) is 0 Å². The lowest BCUT2D eigenvalue weighted by Crippen LogP contribution is -2.51. The summed E-state index contributed by atoms with van der Waals surface area (Å²) in [5.41, 5.74) is 0.327. The van der Waals surface area contributed by atoms with Crippen LogP contribution in [-0.4, -0.2) is 42.5 Å². The van der Waals surface area contributed by atoms with E-state index in [1.54, 1.807) is 0 Å². The second-order valence-corrected chi connectivity index (χ2v) is 6.02. The van der Waals surface area contributed by atoms with Crippen molar-refractivity contribution >= 4 is 12.6 Å². The number of hydrogen-bond acceptors (Lipinski definition) is 3. The Morgan fingerprint density at radius 3 is 2.93 bits per heavy atom. The Hall–Kier alpha value is 0.270. The Morgan fingerprint density at radius 2 is 2.20 bits per heavy atom. The van der Waals surface area contributed by atoms with Gasteiger partial charge in [0.1, 0.15) is 0 Å². The van der Waals surface area contributed by atoms with Gasteiger partial charge < -0.3 is 4.74 Å². The monoisotopic (exact) mass is 229 g/mol. The normalized spacial score (nSPS) is 33.0. The molecule has 1 aliphatic carbocycles. The first-order chi connectivity index (χ1) is 7.12. The second-order valence-electron chi connectivity index (χ2n) is 5.70. The molecule has 2 nitrogen and oxygen atoms in total. The minimum absolute atomic E-state index is 0.327. The summed E-state index contributed by atoms with van der Waals surface area (Å²) in [7, 11) is 0. The van der Waals surface area contributed by atoms with Gasteiger partial charge in [0.25, 0.3) is 0 Å². The zero-order chi connectivity index (χ0) is 10.9. The summed E-state index contributed by atoms with van der Waals surface area (Å²) in [5, 5.41) is 0. The van der Waals surface area contributed by atoms with Crippen LogP contribution in [0, 0.1) is 5.41 Å². The number of fused-ring (bicyclic) bond motifs is 1. The van der Waals surface area contributed by atoms with Gasteiger partial charge in [-0.3, -0.25) is 4.90 Å². The van der Waals surface area contributed by atoms with E-state index < -0.39 is 0 Å². The van der Waals surface area contributed by atoms with E-state index >= 15 is 0 Å². The van der Waals surface area contributed by atoms with Gasteiger partial charge >= 0.3 is 0 Å². The molecule has 3 heteroatoms. The molecule has 15 heavy (non-hydrogen) atoms. The molecule has 0 amide bonds. The number of ether oxygens (including phenoxy) is 1. The van der Waals surface area contributed by atoms with E-state index in [0.29, 0.717) is 17.6 Å². The van der Waals surface area contributed by atoms with Crippen LogP contribution in [0.4, 0.5) is 0 Å². The number of hydrogen-bond donors (Lipinski definition) is 1. The average Bonchev–Trinajstić information content (AvgIpc) is 2.66. The van der Waals surface area contributed by atoms with Gasteiger partial charge in [0.05, 0.1) is 12.7 Å². The molecular weight excluding hydrogens is 206 g/mol. The molecule has 0 aromatic heterocycles. The van der Waals surface area contributed by atoms with Gasteiger partial charge in [0, 0.05) is 19.1 Å². The van der Waals surface area contributed by atoms with E-state index in [1.165, 1.54) is 25.8 Å². The van der Waals surface area contributed by atoms with Crippen LogP contribution in [0.2, 0.25) is 0 Å². The summed E-state index contributed by atoms with van der Waals surface area (Å²) in [5.74, 6) is 0.960. The lowest BCUT2D eigenvalue weighted by molar-refractivity contribution is -0.0642. The lowest BCUT2D eigenvalue weighted by atomic mass is 9.94. The molecule has 2 fully saturated rings. The maximum atomic E-state index is 5.82. The standard InChI is InChI=1S/C12H23NOS/c1-12(2,9-15)8-13-6-7-14-11-5-3-4-10(11)13/h10-11,15H,3-9H2,1-2H3. The van der Waals surface area contributed by atoms with Crippen molar-refractivity contribution in [3.05, 3.63) is 0 Å². The minimum atomic E-state index is 0.327. The molecule has 0 N–H and O–H groups in total.